The third-order valence-electron chi connectivity index (χ3n) is 6.18. The maximum absolute atomic E-state index is 12.8. The number of hydrogen-bond donors (Lipinski definition) is 1. The van der Waals surface area contributed by atoms with Crippen molar-refractivity contribution in [3.05, 3.63) is 35.9 Å². The number of aryl methyl sites for hydroxylation is 1. The number of carbonyl (C=O) groups excluding carboxylic acids is 1. The van der Waals surface area contributed by atoms with Crippen LogP contribution >= 0.6 is 0 Å². The van der Waals surface area contributed by atoms with Gasteiger partial charge in [-0.1, -0.05) is 30.3 Å². The molecular formula is C22H31NO3. The van der Waals surface area contributed by atoms with E-state index in [1.165, 1.54) is 24.8 Å². The van der Waals surface area contributed by atoms with E-state index in [1.807, 2.05) is 0 Å². The standard InChI is InChI=1S/C22H31NO3/c24-21(19-11-13-20(14-12-19)22(25)26)23-15-5-10-18(16-23)9-4-8-17-6-2-1-3-7-17/h1-3,6-7,18-20H,4-5,8-16H2,(H,25,26). The second-order valence-corrected chi connectivity index (χ2v) is 8.06. The molecule has 2 fully saturated rings. The van der Waals surface area contributed by atoms with Gasteiger partial charge in [-0.15, -0.1) is 0 Å². The van der Waals surface area contributed by atoms with Crippen molar-refractivity contribution in [1.29, 1.82) is 0 Å². The maximum atomic E-state index is 12.8. The van der Waals surface area contributed by atoms with E-state index in [0.717, 1.165) is 38.8 Å². The highest BCUT2D eigenvalue weighted by Gasteiger charge is 2.33. The fraction of sp³-hybridized carbons (Fsp3) is 0.636. The van der Waals surface area contributed by atoms with Crippen molar-refractivity contribution in [3.8, 4) is 0 Å². The summed E-state index contributed by atoms with van der Waals surface area (Å²) in [5.41, 5.74) is 1.39. The molecule has 1 N–H and O–H groups in total. The summed E-state index contributed by atoms with van der Waals surface area (Å²) in [6.45, 7) is 1.78. The van der Waals surface area contributed by atoms with E-state index in [9.17, 15) is 9.59 Å². The molecule has 4 heteroatoms. The van der Waals surface area contributed by atoms with Crippen LogP contribution in [0.5, 0.6) is 0 Å². The number of carboxylic acid groups (broad SMARTS) is 1. The minimum absolute atomic E-state index is 0.0497. The number of amides is 1. The number of likely N-dealkylation sites (tertiary alicyclic amines) is 1. The summed E-state index contributed by atoms with van der Waals surface area (Å²) in [5.74, 6) is 0.000491. The first-order valence-electron chi connectivity index (χ1n) is 10.2. The van der Waals surface area contributed by atoms with Gasteiger partial charge in [-0.3, -0.25) is 9.59 Å². The molecule has 26 heavy (non-hydrogen) atoms. The highest BCUT2D eigenvalue weighted by atomic mass is 16.4. The molecule has 3 rings (SSSR count). The van der Waals surface area contributed by atoms with Gasteiger partial charge >= 0.3 is 5.97 Å². The Hall–Kier alpha value is -1.84. The lowest BCUT2D eigenvalue weighted by atomic mass is 9.81. The SMILES string of the molecule is O=C(O)C1CCC(C(=O)N2CCCC(CCCc3ccccc3)C2)CC1. The zero-order chi connectivity index (χ0) is 18.4. The minimum atomic E-state index is -0.702. The van der Waals surface area contributed by atoms with E-state index in [0.29, 0.717) is 18.8 Å². The molecule has 2 aliphatic rings. The smallest absolute Gasteiger partial charge is 0.306 e. The summed E-state index contributed by atoms with van der Waals surface area (Å²) in [4.78, 5) is 26.0. The molecule has 0 radical (unpaired) electrons. The lowest BCUT2D eigenvalue weighted by molar-refractivity contribution is -0.146. The van der Waals surface area contributed by atoms with Crippen molar-refractivity contribution >= 4 is 11.9 Å². The van der Waals surface area contributed by atoms with E-state index in [-0.39, 0.29) is 17.7 Å². The van der Waals surface area contributed by atoms with E-state index in [4.69, 9.17) is 5.11 Å². The summed E-state index contributed by atoms with van der Waals surface area (Å²) in [7, 11) is 0. The van der Waals surface area contributed by atoms with Crippen LogP contribution in [0.1, 0.15) is 56.9 Å². The molecule has 0 bridgehead atoms. The van der Waals surface area contributed by atoms with Gasteiger partial charge in [0.1, 0.15) is 0 Å². The molecule has 1 aromatic rings. The van der Waals surface area contributed by atoms with Gasteiger partial charge in [0.2, 0.25) is 5.91 Å². The molecule has 1 atom stereocenters. The summed E-state index contributed by atoms with van der Waals surface area (Å²) >= 11 is 0. The van der Waals surface area contributed by atoms with Crippen molar-refractivity contribution in [1.82, 2.24) is 4.90 Å². The van der Waals surface area contributed by atoms with Crippen molar-refractivity contribution in [3.63, 3.8) is 0 Å². The van der Waals surface area contributed by atoms with Gasteiger partial charge in [0.05, 0.1) is 5.92 Å². The van der Waals surface area contributed by atoms with Crippen LogP contribution in [0.4, 0.5) is 0 Å². The van der Waals surface area contributed by atoms with Gasteiger partial charge in [-0.25, -0.2) is 0 Å². The number of carboxylic acids is 1. The minimum Gasteiger partial charge on any atom is -0.481 e. The van der Waals surface area contributed by atoms with Crippen molar-refractivity contribution < 1.29 is 14.7 Å². The van der Waals surface area contributed by atoms with Gasteiger partial charge in [0.25, 0.3) is 0 Å². The zero-order valence-electron chi connectivity index (χ0n) is 15.6. The maximum Gasteiger partial charge on any atom is 0.306 e. The van der Waals surface area contributed by atoms with Crippen LogP contribution < -0.4 is 0 Å². The average Bonchev–Trinajstić information content (AvgIpc) is 2.68. The summed E-state index contributed by atoms with van der Waals surface area (Å²) in [6.07, 6.45) is 8.60. The first kappa shape index (κ1) is 18.9. The predicted molar refractivity (Wildman–Crippen MR) is 102 cm³/mol. The first-order chi connectivity index (χ1) is 12.6. The van der Waals surface area contributed by atoms with Crippen molar-refractivity contribution in [2.45, 2.75) is 57.8 Å². The third kappa shape index (κ3) is 5.09. The predicted octanol–water partition coefficient (Wildman–Crippen LogP) is 4.14. The lowest BCUT2D eigenvalue weighted by Gasteiger charge is -2.36. The molecule has 142 valence electrons. The zero-order valence-corrected chi connectivity index (χ0v) is 15.6. The lowest BCUT2D eigenvalue weighted by Crippen LogP contribution is -2.44. The summed E-state index contributed by atoms with van der Waals surface area (Å²) in [6, 6.07) is 10.6. The summed E-state index contributed by atoms with van der Waals surface area (Å²) in [5, 5.41) is 9.12. The average molecular weight is 357 g/mol. The Morgan fingerprint density at radius 2 is 1.69 bits per heavy atom. The Balaban J connectivity index is 1.43. The number of hydrogen-bond acceptors (Lipinski definition) is 2. The number of rotatable bonds is 6. The van der Waals surface area contributed by atoms with E-state index in [1.54, 1.807) is 0 Å². The molecule has 1 saturated carbocycles. The van der Waals surface area contributed by atoms with Crippen LogP contribution in [0.15, 0.2) is 30.3 Å². The number of carbonyl (C=O) groups is 2. The molecule has 0 aromatic heterocycles. The highest BCUT2D eigenvalue weighted by molar-refractivity contribution is 5.79. The first-order valence-corrected chi connectivity index (χ1v) is 10.2. The highest BCUT2D eigenvalue weighted by Crippen LogP contribution is 2.32. The second-order valence-electron chi connectivity index (χ2n) is 8.06. The van der Waals surface area contributed by atoms with Gasteiger partial charge in [-0.05, 0) is 69.3 Å². The molecule has 4 nitrogen and oxygen atoms in total. The Bertz CT molecular complexity index is 593. The Kier molecular flexibility index (Phi) is 6.70. The number of piperidine rings is 1. The molecule has 1 aromatic carbocycles. The second kappa shape index (κ2) is 9.20. The third-order valence-corrected chi connectivity index (χ3v) is 6.18. The van der Waals surface area contributed by atoms with Crippen LogP contribution in [-0.2, 0) is 16.0 Å². The molecule has 1 aliphatic carbocycles. The van der Waals surface area contributed by atoms with Gasteiger partial charge < -0.3 is 10.0 Å². The van der Waals surface area contributed by atoms with Gasteiger partial charge in [-0.2, -0.15) is 0 Å². The van der Waals surface area contributed by atoms with Crippen LogP contribution in [0.25, 0.3) is 0 Å². The molecule has 1 unspecified atom stereocenters. The quantitative estimate of drug-likeness (QED) is 0.832. The Labute approximate surface area is 156 Å². The topological polar surface area (TPSA) is 57.6 Å². The molecule has 1 aliphatic heterocycles. The normalized spacial score (nSPS) is 26.5. The largest absolute Gasteiger partial charge is 0.481 e. The Morgan fingerprint density at radius 3 is 2.38 bits per heavy atom. The van der Waals surface area contributed by atoms with E-state index >= 15 is 0 Å². The molecule has 0 spiro atoms. The number of nitrogens with zero attached hydrogens (tertiary/aromatic N) is 1. The molecule has 1 amide bonds. The van der Waals surface area contributed by atoms with Crippen molar-refractivity contribution in [2.75, 3.05) is 13.1 Å². The summed E-state index contributed by atoms with van der Waals surface area (Å²) < 4.78 is 0. The van der Waals surface area contributed by atoms with Crippen LogP contribution in [0.3, 0.4) is 0 Å². The van der Waals surface area contributed by atoms with Gasteiger partial charge in [0, 0.05) is 19.0 Å². The Morgan fingerprint density at radius 1 is 1.00 bits per heavy atom. The number of aliphatic carboxylic acids is 1. The van der Waals surface area contributed by atoms with Crippen LogP contribution in [0, 0.1) is 17.8 Å². The fourth-order valence-electron chi connectivity index (χ4n) is 4.59. The fourth-order valence-corrected chi connectivity index (χ4v) is 4.59. The van der Waals surface area contributed by atoms with Gasteiger partial charge in [0.15, 0.2) is 0 Å². The molecular weight excluding hydrogens is 326 g/mol. The van der Waals surface area contributed by atoms with E-state index < -0.39 is 5.97 Å². The molecule has 1 saturated heterocycles. The van der Waals surface area contributed by atoms with Crippen LogP contribution in [0.2, 0.25) is 0 Å². The van der Waals surface area contributed by atoms with E-state index in [2.05, 4.69) is 35.2 Å². The van der Waals surface area contributed by atoms with Crippen molar-refractivity contribution in [2.24, 2.45) is 17.8 Å². The monoisotopic (exact) mass is 357 g/mol. The molecule has 1 heterocycles. The number of benzene rings is 1. The van der Waals surface area contributed by atoms with Crippen LogP contribution in [-0.4, -0.2) is 35.0 Å².